The predicted octanol–water partition coefficient (Wildman–Crippen LogP) is 1.02. The molecule has 0 saturated carbocycles. The lowest BCUT2D eigenvalue weighted by Gasteiger charge is -1.84. The summed E-state index contributed by atoms with van der Waals surface area (Å²) >= 11 is 2.93. The summed E-state index contributed by atoms with van der Waals surface area (Å²) < 4.78 is 0.875. The Morgan fingerprint density at radius 3 is 2.92 bits per heavy atom. The molecule has 0 aromatic carbocycles. The highest BCUT2D eigenvalue weighted by Gasteiger charge is 2.06. The van der Waals surface area contributed by atoms with Gasteiger partial charge in [-0.1, -0.05) is 23.1 Å². The quantitative estimate of drug-likeness (QED) is 0.546. The van der Waals surface area contributed by atoms with Crippen LogP contribution in [-0.2, 0) is 0 Å². The summed E-state index contributed by atoms with van der Waals surface area (Å²) in [4.78, 5) is 19.1. The standard InChI is InChI=1S/C6H4N4OS2/c1-12-6-8-4-5(13-6)7-3(2-11)9-10-4/h2H,1H3. The predicted molar refractivity (Wildman–Crippen MR) is 50.2 cm³/mol. The minimum atomic E-state index is 0.101. The van der Waals surface area contributed by atoms with Gasteiger partial charge in [0, 0.05) is 0 Å². The molecular formula is C6H4N4OS2. The van der Waals surface area contributed by atoms with E-state index in [2.05, 4.69) is 20.2 Å². The van der Waals surface area contributed by atoms with Gasteiger partial charge in [0.1, 0.15) is 0 Å². The highest BCUT2D eigenvalue weighted by atomic mass is 32.2. The third-order valence-electron chi connectivity index (χ3n) is 1.32. The van der Waals surface area contributed by atoms with Gasteiger partial charge in [-0.15, -0.1) is 10.2 Å². The van der Waals surface area contributed by atoms with Crippen LogP contribution in [0.1, 0.15) is 10.6 Å². The van der Waals surface area contributed by atoms with Gasteiger partial charge >= 0.3 is 0 Å². The second-order valence-corrected chi connectivity index (χ2v) is 4.13. The maximum Gasteiger partial charge on any atom is 0.216 e. The lowest BCUT2D eigenvalue weighted by Crippen LogP contribution is -1.94. The monoisotopic (exact) mass is 212 g/mol. The molecule has 0 amide bonds. The number of hydrogen-bond acceptors (Lipinski definition) is 7. The van der Waals surface area contributed by atoms with E-state index in [1.807, 2.05) is 6.26 Å². The second-order valence-electron chi connectivity index (χ2n) is 2.10. The van der Waals surface area contributed by atoms with Crippen LogP contribution in [0.15, 0.2) is 4.34 Å². The Bertz CT molecular complexity index is 455. The lowest BCUT2D eigenvalue weighted by atomic mass is 10.7. The molecule has 66 valence electrons. The Morgan fingerprint density at radius 2 is 2.23 bits per heavy atom. The zero-order valence-corrected chi connectivity index (χ0v) is 8.22. The van der Waals surface area contributed by atoms with Crippen LogP contribution in [0.25, 0.3) is 10.5 Å². The van der Waals surface area contributed by atoms with Gasteiger partial charge in [0.25, 0.3) is 0 Å². The van der Waals surface area contributed by atoms with Crippen LogP contribution in [0.2, 0.25) is 0 Å². The van der Waals surface area contributed by atoms with Crippen molar-refractivity contribution in [1.29, 1.82) is 0 Å². The van der Waals surface area contributed by atoms with Gasteiger partial charge in [-0.05, 0) is 6.26 Å². The Kier molecular flexibility index (Phi) is 2.19. The number of thiazole rings is 1. The summed E-state index contributed by atoms with van der Waals surface area (Å²) in [5, 5.41) is 7.34. The molecule has 7 heteroatoms. The Balaban J connectivity index is 2.63. The number of hydrogen-bond donors (Lipinski definition) is 0. The van der Waals surface area contributed by atoms with Crippen molar-refractivity contribution >= 4 is 39.9 Å². The van der Waals surface area contributed by atoms with Crippen LogP contribution in [0.5, 0.6) is 0 Å². The number of carbonyl (C=O) groups excluding carboxylic acids is 1. The van der Waals surface area contributed by atoms with Crippen molar-refractivity contribution in [3.05, 3.63) is 5.82 Å². The molecule has 2 aromatic heterocycles. The fraction of sp³-hybridized carbons (Fsp3) is 0.167. The van der Waals surface area contributed by atoms with Crippen molar-refractivity contribution in [2.45, 2.75) is 4.34 Å². The van der Waals surface area contributed by atoms with Crippen LogP contribution >= 0.6 is 23.1 Å². The molecule has 0 fully saturated rings. The largest absolute Gasteiger partial charge is 0.294 e. The molecule has 0 aliphatic rings. The first-order chi connectivity index (χ1) is 6.33. The first kappa shape index (κ1) is 8.52. The van der Waals surface area contributed by atoms with Crippen LogP contribution in [-0.4, -0.2) is 32.7 Å². The highest BCUT2D eigenvalue weighted by molar-refractivity contribution is 8.00. The fourth-order valence-corrected chi connectivity index (χ4v) is 2.15. The Hall–Kier alpha value is -1.08. The number of thioether (sulfide) groups is 1. The molecule has 2 rings (SSSR count). The average Bonchev–Trinajstić information content (AvgIpc) is 2.58. The fourth-order valence-electron chi connectivity index (χ4n) is 0.786. The van der Waals surface area contributed by atoms with E-state index in [0.717, 1.165) is 4.34 Å². The molecule has 5 nitrogen and oxygen atoms in total. The van der Waals surface area contributed by atoms with Crippen LogP contribution in [0, 0.1) is 0 Å². The molecule has 0 aliphatic carbocycles. The van der Waals surface area contributed by atoms with E-state index in [9.17, 15) is 4.79 Å². The smallest absolute Gasteiger partial charge is 0.216 e. The molecular weight excluding hydrogens is 208 g/mol. The topological polar surface area (TPSA) is 68.6 Å². The Morgan fingerprint density at radius 1 is 1.38 bits per heavy atom. The lowest BCUT2D eigenvalue weighted by molar-refractivity contribution is 0.111. The van der Waals surface area contributed by atoms with Gasteiger partial charge in [0.15, 0.2) is 15.5 Å². The Labute approximate surface area is 81.6 Å². The van der Waals surface area contributed by atoms with E-state index in [1.165, 1.54) is 23.1 Å². The van der Waals surface area contributed by atoms with E-state index in [4.69, 9.17) is 0 Å². The van der Waals surface area contributed by atoms with Gasteiger partial charge in [-0.25, -0.2) is 9.97 Å². The third-order valence-corrected chi connectivity index (χ3v) is 3.24. The van der Waals surface area contributed by atoms with Crippen molar-refractivity contribution in [2.75, 3.05) is 6.26 Å². The zero-order chi connectivity index (χ0) is 9.26. The van der Waals surface area contributed by atoms with Crippen LogP contribution < -0.4 is 0 Å². The number of carbonyl (C=O) groups is 1. The van der Waals surface area contributed by atoms with E-state index in [0.29, 0.717) is 16.8 Å². The van der Waals surface area contributed by atoms with Crippen LogP contribution in [0.4, 0.5) is 0 Å². The molecule has 0 bridgehead atoms. The second kappa shape index (κ2) is 3.35. The van der Waals surface area contributed by atoms with Gasteiger partial charge in [0.05, 0.1) is 0 Å². The molecule has 0 N–H and O–H groups in total. The number of aldehydes is 1. The first-order valence-corrected chi connectivity index (χ1v) is 5.38. The van der Waals surface area contributed by atoms with Crippen LogP contribution in [0.3, 0.4) is 0 Å². The van der Waals surface area contributed by atoms with E-state index in [1.54, 1.807) is 0 Å². The van der Waals surface area contributed by atoms with Gasteiger partial charge < -0.3 is 0 Å². The normalized spacial score (nSPS) is 10.5. The number of rotatable bonds is 2. The summed E-state index contributed by atoms with van der Waals surface area (Å²) in [7, 11) is 0. The average molecular weight is 212 g/mol. The summed E-state index contributed by atoms with van der Waals surface area (Å²) in [6.45, 7) is 0. The first-order valence-electron chi connectivity index (χ1n) is 3.34. The molecule has 0 saturated heterocycles. The van der Waals surface area contributed by atoms with Gasteiger partial charge in [-0.2, -0.15) is 0 Å². The minimum absolute atomic E-state index is 0.101. The van der Waals surface area contributed by atoms with E-state index < -0.39 is 0 Å². The van der Waals surface area contributed by atoms with Crippen molar-refractivity contribution in [1.82, 2.24) is 20.2 Å². The maximum atomic E-state index is 10.3. The van der Waals surface area contributed by atoms with Crippen molar-refractivity contribution < 1.29 is 4.79 Å². The molecule has 2 heterocycles. The van der Waals surface area contributed by atoms with E-state index >= 15 is 0 Å². The molecule has 0 spiro atoms. The van der Waals surface area contributed by atoms with Crippen molar-refractivity contribution in [3.63, 3.8) is 0 Å². The summed E-state index contributed by atoms with van der Waals surface area (Å²) in [5.74, 6) is 0.101. The molecule has 0 atom stereocenters. The maximum absolute atomic E-state index is 10.3. The molecule has 13 heavy (non-hydrogen) atoms. The SMILES string of the molecule is CSc1nc2nnc(C=O)nc2s1. The number of aromatic nitrogens is 4. The van der Waals surface area contributed by atoms with Gasteiger partial charge in [0.2, 0.25) is 11.5 Å². The summed E-state index contributed by atoms with van der Waals surface area (Å²) in [6, 6.07) is 0. The molecule has 2 aromatic rings. The zero-order valence-electron chi connectivity index (χ0n) is 6.59. The summed E-state index contributed by atoms with van der Waals surface area (Å²) in [6.07, 6.45) is 2.50. The number of nitrogens with zero attached hydrogens (tertiary/aromatic N) is 4. The minimum Gasteiger partial charge on any atom is -0.294 e. The molecule has 0 aliphatic heterocycles. The highest BCUT2D eigenvalue weighted by Crippen LogP contribution is 2.24. The van der Waals surface area contributed by atoms with Gasteiger partial charge in [-0.3, -0.25) is 4.79 Å². The molecule has 0 radical (unpaired) electrons. The number of fused-ring (bicyclic) bond motifs is 1. The molecule has 0 unspecified atom stereocenters. The van der Waals surface area contributed by atoms with E-state index in [-0.39, 0.29) is 5.82 Å². The summed E-state index contributed by atoms with van der Waals surface area (Å²) in [5.41, 5.74) is 0.500. The van der Waals surface area contributed by atoms with Crippen molar-refractivity contribution in [2.24, 2.45) is 0 Å². The third kappa shape index (κ3) is 1.52. The van der Waals surface area contributed by atoms with Crippen molar-refractivity contribution in [3.8, 4) is 0 Å².